The molecular formula is C24H27BN2O3P2. The van der Waals surface area contributed by atoms with Crippen molar-refractivity contribution in [2.45, 2.75) is 58.3 Å². The number of H-pyrrole nitrogens is 1. The third-order valence-electron chi connectivity index (χ3n) is 7.35. The van der Waals surface area contributed by atoms with Crippen LogP contribution in [0.3, 0.4) is 0 Å². The average Bonchev–Trinajstić information content (AvgIpc) is 3.29. The second-order valence-electron chi connectivity index (χ2n) is 9.85. The number of hydrogen-bond donors (Lipinski definition) is 1. The minimum absolute atomic E-state index is 0.349. The van der Waals surface area contributed by atoms with Gasteiger partial charge in [0, 0.05) is 11.1 Å². The fourth-order valence-corrected chi connectivity index (χ4v) is 5.61. The molecule has 1 aliphatic carbocycles. The molecule has 0 spiro atoms. The zero-order valence-corrected chi connectivity index (χ0v) is 21.0. The molecule has 3 aromatic rings. The zero-order chi connectivity index (χ0) is 22.3. The van der Waals surface area contributed by atoms with E-state index in [1.54, 1.807) is 0 Å². The monoisotopic (exact) mass is 464 g/mol. The number of benzene rings is 2. The molecule has 2 atom stereocenters. The Balaban J connectivity index is 1.37. The summed E-state index contributed by atoms with van der Waals surface area (Å²) in [5.74, 6) is 0.942. The molecule has 0 bridgehead atoms. The molecule has 8 heteroatoms. The fourth-order valence-electron chi connectivity index (χ4n) is 4.81. The maximum Gasteiger partial charge on any atom is 0.494 e. The Hall–Kier alpha value is -1.71. The summed E-state index contributed by atoms with van der Waals surface area (Å²) in [5.41, 5.74) is 9.88. The summed E-state index contributed by atoms with van der Waals surface area (Å²) in [6.45, 7) is 8.88. The topological polar surface area (TPSA) is 56.4 Å². The SMILES string of the molecule is CC1(C)OB(c2ccc3c(c2)COc2cc4c(cc2-3)CCc2nc(PP)[nH]c2-4)OC1(C)C. The summed E-state index contributed by atoms with van der Waals surface area (Å²) in [6, 6.07) is 11.0. The highest BCUT2D eigenvalue weighted by Gasteiger charge is 2.51. The number of ether oxygens (including phenoxy) is 1. The molecule has 3 heterocycles. The van der Waals surface area contributed by atoms with E-state index in [-0.39, 0.29) is 18.3 Å². The number of hydrogen-bond acceptors (Lipinski definition) is 4. The fraction of sp³-hybridized carbons (Fsp3) is 0.375. The van der Waals surface area contributed by atoms with Gasteiger partial charge in [0.1, 0.15) is 17.9 Å². The molecule has 32 heavy (non-hydrogen) atoms. The van der Waals surface area contributed by atoms with Crippen molar-refractivity contribution in [3.63, 3.8) is 0 Å². The Bertz CT molecular complexity index is 1240. The molecule has 2 unspecified atom stereocenters. The third kappa shape index (κ3) is 3.11. The van der Waals surface area contributed by atoms with Crippen LogP contribution in [0.5, 0.6) is 5.75 Å². The van der Waals surface area contributed by atoms with Gasteiger partial charge in [-0.15, -0.1) is 8.93 Å². The quantitative estimate of drug-likeness (QED) is 0.458. The first-order chi connectivity index (χ1) is 15.3. The van der Waals surface area contributed by atoms with Gasteiger partial charge in [0.2, 0.25) is 0 Å². The van der Waals surface area contributed by atoms with Gasteiger partial charge in [-0.3, -0.25) is 0 Å². The second kappa shape index (κ2) is 7.14. The number of imidazole rings is 1. The average molecular weight is 464 g/mol. The molecule has 164 valence electrons. The normalized spacial score (nSPS) is 20.0. The van der Waals surface area contributed by atoms with E-state index < -0.39 is 0 Å². The summed E-state index contributed by atoms with van der Waals surface area (Å²) < 4.78 is 18.8. The number of aryl methyl sites for hydroxylation is 2. The minimum Gasteiger partial charge on any atom is -0.488 e. The Morgan fingerprint density at radius 1 is 0.969 bits per heavy atom. The molecule has 2 aromatic carbocycles. The number of nitrogens with zero attached hydrogens (tertiary/aromatic N) is 1. The lowest BCUT2D eigenvalue weighted by Crippen LogP contribution is -2.41. The third-order valence-corrected chi connectivity index (χ3v) is 8.68. The number of aromatic amines is 1. The highest BCUT2D eigenvalue weighted by molar-refractivity contribution is 8.06. The lowest BCUT2D eigenvalue weighted by molar-refractivity contribution is 0.00578. The van der Waals surface area contributed by atoms with Gasteiger partial charge in [0.15, 0.2) is 0 Å². The van der Waals surface area contributed by atoms with E-state index in [2.05, 4.69) is 71.9 Å². The molecule has 6 rings (SSSR count). The van der Waals surface area contributed by atoms with E-state index in [1.165, 1.54) is 33.5 Å². The van der Waals surface area contributed by atoms with Crippen LogP contribution >= 0.6 is 17.2 Å². The van der Waals surface area contributed by atoms with Crippen molar-refractivity contribution in [3.8, 4) is 28.1 Å². The number of nitrogens with one attached hydrogen (secondary N) is 1. The summed E-state index contributed by atoms with van der Waals surface area (Å²) in [6.07, 6.45) is 1.97. The largest absolute Gasteiger partial charge is 0.494 e. The first-order valence-electron chi connectivity index (χ1n) is 11.1. The van der Waals surface area contributed by atoms with Crippen molar-refractivity contribution in [2.24, 2.45) is 0 Å². The van der Waals surface area contributed by atoms with Crippen LogP contribution in [0.1, 0.15) is 44.5 Å². The molecule has 0 saturated carbocycles. The van der Waals surface area contributed by atoms with Crippen molar-refractivity contribution in [1.29, 1.82) is 0 Å². The maximum atomic E-state index is 6.26. The van der Waals surface area contributed by atoms with Crippen LogP contribution in [0.25, 0.3) is 22.4 Å². The van der Waals surface area contributed by atoms with E-state index in [1.807, 2.05) is 0 Å². The maximum absolute atomic E-state index is 6.26. The lowest BCUT2D eigenvalue weighted by atomic mass is 9.76. The predicted octanol–water partition coefficient (Wildman–Crippen LogP) is 4.13. The molecule has 2 aliphatic heterocycles. The van der Waals surface area contributed by atoms with Crippen molar-refractivity contribution in [2.75, 3.05) is 0 Å². The van der Waals surface area contributed by atoms with Gasteiger partial charge in [-0.2, -0.15) is 0 Å². The summed E-state index contributed by atoms with van der Waals surface area (Å²) in [7, 11) is 3.00. The van der Waals surface area contributed by atoms with Gasteiger partial charge in [0.25, 0.3) is 0 Å². The highest BCUT2D eigenvalue weighted by Crippen LogP contribution is 2.44. The van der Waals surface area contributed by atoms with E-state index >= 15 is 0 Å². The molecule has 0 amide bonds. The predicted molar refractivity (Wildman–Crippen MR) is 135 cm³/mol. The molecular weight excluding hydrogens is 437 g/mol. The van der Waals surface area contributed by atoms with Crippen LogP contribution in [0.2, 0.25) is 0 Å². The Kier molecular flexibility index (Phi) is 4.66. The van der Waals surface area contributed by atoms with Crippen molar-refractivity contribution in [1.82, 2.24) is 9.97 Å². The first-order valence-corrected chi connectivity index (χ1v) is 13.9. The summed E-state index contributed by atoms with van der Waals surface area (Å²) >= 11 is 0. The first kappa shape index (κ1) is 20.9. The minimum atomic E-state index is -0.360. The standard InChI is InChI=1S/C24H27BN2O3P2/c1-23(2)24(3,4)30-25(29-23)15-6-7-16-14(9-15)12-28-20-11-17-13(10-18(16)20)5-8-19-21(17)27-22(26-19)32-31/h6-7,9-11,32H,5,8,12,31H2,1-4H3,(H,26,27). The molecule has 0 radical (unpaired) electrons. The molecule has 1 aromatic heterocycles. The van der Waals surface area contributed by atoms with E-state index in [0.29, 0.717) is 14.9 Å². The zero-order valence-electron chi connectivity index (χ0n) is 18.8. The van der Waals surface area contributed by atoms with Gasteiger partial charge in [-0.25, -0.2) is 4.98 Å². The van der Waals surface area contributed by atoms with Gasteiger partial charge in [-0.05, 0) is 83.1 Å². The Labute approximate surface area is 193 Å². The van der Waals surface area contributed by atoms with Gasteiger partial charge < -0.3 is 19.0 Å². The van der Waals surface area contributed by atoms with Crippen LogP contribution in [0, 0.1) is 0 Å². The van der Waals surface area contributed by atoms with Crippen LogP contribution in [-0.4, -0.2) is 28.3 Å². The van der Waals surface area contributed by atoms with E-state index in [4.69, 9.17) is 19.0 Å². The molecule has 1 N–H and O–H groups in total. The molecule has 5 nitrogen and oxygen atoms in total. The van der Waals surface area contributed by atoms with Crippen LogP contribution in [0.4, 0.5) is 0 Å². The van der Waals surface area contributed by atoms with Crippen molar-refractivity contribution < 1.29 is 14.0 Å². The molecule has 1 fully saturated rings. The molecule has 1 saturated heterocycles. The smallest absolute Gasteiger partial charge is 0.488 e. The highest BCUT2D eigenvalue weighted by atomic mass is 32.0. The van der Waals surface area contributed by atoms with Crippen LogP contribution in [0.15, 0.2) is 30.3 Å². The van der Waals surface area contributed by atoms with E-state index in [0.717, 1.165) is 35.3 Å². The van der Waals surface area contributed by atoms with Crippen molar-refractivity contribution >= 4 is 35.3 Å². The lowest BCUT2D eigenvalue weighted by Gasteiger charge is -2.32. The van der Waals surface area contributed by atoms with Crippen LogP contribution in [-0.2, 0) is 28.8 Å². The second-order valence-corrected chi connectivity index (χ2v) is 11.5. The van der Waals surface area contributed by atoms with Gasteiger partial charge in [-0.1, -0.05) is 18.2 Å². The Morgan fingerprint density at radius 3 is 2.50 bits per heavy atom. The van der Waals surface area contributed by atoms with Crippen molar-refractivity contribution in [3.05, 3.63) is 47.2 Å². The summed E-state index contributed by atoms with van der Waals surface area (Å²) in [5, 5.41) is 0. The summed E-state index contributed by atoms with van der Waals surface area (Å²) in [4.78, 5) is 8.27. The number of rotatable bonds is 2. The number of fused-ring (bicyclic) bond motifs is 6. The number of aromatic nitrogens is 2. The van der Waals surface area contributed by atoms with Crippen LogP contribution < -0.4 is 15.8 Å². The van der Waals surface area contributed by atoms with Gasteiger partial charge in [0.05, 0.1) is 22.6 Å². The van der Waals surface area contributed by atoms with E-state index in [9.17, 15) is 0 Å². The molecule has 3 aliphatic rings. The Morgan fingerprint density at radius 2 is 1.75 bits per heavy atom. The van der Waals surface area contributed by atoms with Gasteiger partial charge >= 0.3 is 7.12 Å².